The zero-order valence-corrected chi connectivity index (χ0v) is 13.4. The van der Waals surface area contributed by atoms with E-state index in [0.717, 1.165) is 33.8 Å². The molecule has 0 aliphatic heterocycles. The topological polar surface area (TPSA) is 43.4 Å². The van der Waals surface area contributed by atoms with Crippen LogP contribution in [0.1, 0.15) is 18.4 Å². The molecule has 1 N–H and O–H groups in total. The average Bonchev–Trinajstić information content (AvgIpc) is 3.32. The fraction of sp³-hybridized carbons (Fsp3) is 0.312. The zero-order chi connectivity index (χ0) is 14.7. The summed E-state index contributed by atoms with van der Waals surface area (Å²) in [6, 6.07) is 8.20. The van der Waals surface area contributed by atoms with Gasteiger partial charge in [-0.25, -0.2) is 0 Å². The Morgan fingerprint density at radius 2 is 2.14 bits per heavy atom. The fourth-order valence-corrected chi connectivity index (χ4v) is 2.44. The summed E-state index contributed by atoms with van der Waals surface area (Å²) in [6.45, 7) is 0.779. The zero-order valence-electron chi connectivity index (χ0n) is 11.8. The van der Waals surface area contributed by atoms with Crippen LogP contribution >= 0.6 is 15.9 Å². The smallest absolute Gasteiger partial charge is 0.141 e. The lowest BCUT2D eigenvalue weighted by Gasteiger charge is -2.13. The van der Waals surface area contributed by atoms with Gasteiger partial charge in [-0.05, 0) is 53.0 Å². The number of benzene rings is 1. The maximum absolute atomic E-state index is 6.01. The number of aromatic nitrogens is 1. The van der Waals surface area contributed by atoms with Gasteiger partial charge in [0, 0.05) is 30.5 Å². The normalized spacial score (nSPS) is 14.0. The van der Waals surface area contributed by atoms with E-state index >= 15 is 0 Å². The molecule has 0 radical (unpaired) electrons. The molecule has 1 aromatic carbocycles. The van der Waals surface area contributed by atoms with E-state index in [4.69, 9.17) is 9.47 Å². The quantitative estimate of drug-likeness (QED) is 0.859. The molecule has 3 rings (SSSR count). The van der Waals surface area contributed by atoms with E-state index < -0.39 is 0 Å². The number of rotatable bonds is 6. The van der Waals surface area contributed by atoms with Gasteiger partial charge in [0.25, 0.3) is 0 Å². The van der Waals surface area contributed by atoms with Crippen LogP contribution in [-0.4, -0.2) is 18.1 Å². The van der Waals surface area contributed by atoms with Crippen molar-refractivity contribution in [3.05, 3.63) is 46.7 Å². The standard InChI is InChI=1S/C16H17BrN2O2/c1-20-13-4-5-16(14(17)8-13)21-15-6-7-18-9-11(15)10-19-12-2-3-12/h4-9,12,19H,2-3,10H2,1H3. The number of nitrogens with one attached hydrogen (secondary N) is 1. The number of halogens is 1. The molecule has 0 spiro atoms. The highest BCUT2D eigenvalue weighted by Crippen LogP contribution is 2.34. The van der Waals surface area contributed by atoms with Gasteiger partial charge in [-0.3, -0.25) is 4.98 Å². The van der Waals surface area contributed by atoms with Crippen molar-refractivity contribution in [3.8, 4) is 17.2 Å². The number of pyridine rings is 1. The highest BCUT2D eigenvalue weighted by atomic mass is 79.9. The van der Waals surface area contributed by atoms with Gasteiger partial charge < -0.3 is 14.8 Å². The summed E-state index contributed by atoms with van der Waals surface area (Å²) in [5.41, 5.74) is 1.06. The van der Waals surface area contributed by atoms with Crippen LogP contribution in [0, 0.1) is 0 Å². The summed E-state index contributed by atoms with van der Waals surface area (Å²) < 4.78 is 12.1. The van der Waals surface area contributed by atoms with Gasteiger partial charge in [0.05, 0.1) is 11.6 Å². The molecule has 1 heterocycles. The number of hydrogen-bond donors (Lipinski definition) is 1. The van der Waals surface area contributed by atoms with Crippen molar-refractivity contribution in [2.45, 2.75) is 25.4 Å². The maximum atomic E-state index is 6.01. The summed E-state index contributed by atoms with van der Waals surface area (Å²) in [6.07, 6.45) is 6.12. The second kappa shape index (κ2) is 6.45. The lowest BCUT2D eigenvalue weighted by molar-refractivity contribution is 0.412. The van der Waals surface area contributed by atoms with E-state index in [9.17, 15) is 0 Å². The van der Waals surface area contributed by atoms with Crippen molar-refractivity contribution in [1.82, 2.24) is 10.3 Å². The molecule has 0 amide bonds. The van der Waals surface area contributed by atoms with Gasteiger partial charge in [0.15, 0.2) is 0 Å². The summed E-state index contributed by atoms with van der Waals surface area (Å²) >= 11 is 3.51. The monoisotopic (exact) mass is 348 g/mol. The molecule has 1 saturated carbocycles. The van der Waals surface area contributed by atoms with Crippen molar-refractivity contribution in [2.75, 3.05) is 7.11 Å². The molecule has 1 aromatic heterocycles. The number of ether oxygens (including phenoxy) is 2. The van der Waals surface area contributed by atoms with Crippen LogP contribution in [0.3, 0.4) is 0 Å². The Hall–Kier alpha value is -1.59. The lowest BCUT2D eigenvalue weighted by atomic mass is 10.2. The summed E-state index contributed by atoms with van der Waals surface area (Å²) in [5.74, 6) is 2.37. The minimum Gasteiger partial charge on any atom is -0.497 e. The van der Waals surface area contributed by atoms with Gasteiger partial charge in [0.1, 0.15) is 17.2 Å². The van der Waals surface area contributed by atoms with Crippen LogP contribution in [-0.2, 0) is 6.54 Å². The predicted molar refractivity (Wildman–Crippen MR) is 84.9 cm³/mol. The van der Waals surface area contributed by atoms with Gasteiger partial charge in [-0.2, -0.15) is 0 Å². The number of nitrogens with zero attached hydrogens (tertiary/aromatic N) is 1. The first kappa shape index (κ1) is 14.4. The molecule has 21 heavy (non-hydrogen) atoms. The summed E-state index contributed by atoms with van der Waals surface area (Å²) in [5, 5.41) is 3.48. The third-order valence-corrected chi connectivity index (χ3v) is 4.00. The molecule has 0 atom stereocenters. The SMILES string of the molecule is COc1ccc(Oc2ccncc2CNC2CC2)c(Br)c1. The second-order valence-electron chi connectivity index (χ2n) is 5.04. The molecule has 0 unspecified atom stereocenters. The van der Waals surface area contributed by atoms with E-state index in [1.54, 1.807) is 13.3 Å². The van der Waals surface area contributed by atoms with E-state index in [1.807, 2.05) is 30.5 Å². The highest BCUT2D eigenvalue weighted by Gasteiger charge is 2.20. The van der Waals surface area contributed by atoms with Crippen LogP contribution in [0.2, 0.25) is 0 Å². The Balaban J connectivity index is 1.77. The molecule has 1 aliphatic rings. The minimum absolute atomic E-state index is 0.658. The van der Waals surface area contributed by atoms with Crippen LogP contribution in [0.25, 0.3) is 0 Å². The van der Waals surface area contributed by atoms with Crippen molar-refractivity contribution in [1.29, 1.82) is 0 Å². The molecule has 0 saturated heterocycles. The molecule has 4 nitrogen and oxygen atoms in total. The molecule has 1 fully saturated rings. The Morgan fingerprint density at radius 3 is 2.86 bits per heavy atom. The fourth-order valence-electron chi connectivity index (χ4n) is 2.00. The van der Waals surface area contributed by atoms with Crippen LogP contribution in [0.15, 0.2) is 41.1 Å². The first-order chi connectivity index (χ1) is 10.3. The average molecular weight is 349 g/mol. The van der Waals surface area contributed by atoms with Crippen molar-refractivity contribution in [2.24, 2.45) is 0 Å². The minimum atomic E-state index is 0.658. The van der Waals surface area contributed by atoms with Gasteiger partial charge in [-0.1, -0.05) is 0 Å². The van der Waals surface area contributed by atoms with E-state index in [-0.39, 0.29) is 0 Å². The predicted octanol–water partition coefficient (Wildman–Crippen LogP) is 3.90. The summed E-state index contributed by atoms with van der Waals surface area (Å²) in [7, 11) is 1.65. The number of hydrogen-bond acceptors (Lipinski definition) is 4. The third-order valence-electron chi connectivity index (χ3n) is 3.38. The summed E-state index contributed by atoms with van der Waals surface area (Å²) in [4.78, 5) is 4.18. The molecule has 2 aromatic rings. The molecule has 0 bridgehead atoms. The van der Waals surface area contributed by atoms with Crippen molar-refractivity contribution in [3.63, 3.8) is 0 Å². The Kier molecular flexibility index (Phi) is 4.41. The molecular formula is C16H17BrN2O2. The Labute approximate surface area is 132 Å². The first-order valence-corrected chi connectivity index (χ1v) is 7.73. The van der Waals surface area contributed by atoms with Crippen LogP contribution in [0.5, 0.6) is 17.2 Å². The molecule has 110 valence electrons. The third kappa shape index (κ3) is 3.74. The van der Waals surface area contributed by atoms with E-state index in [0.29, 0.717) is 6.04 Å². The first-order valence-electron chi connectivity index (χ1n) is 6.94. The van der Waals surface area contributed by atoms with Crippen LogP contribution < -0.4 is 14.8 Å². The van der Waals surface area contributed by atoms with E-state index in [2.05, 4.69) is 26.2 Å². The van der Waals surface area contributed by atoms with Crippen LogP contribution in [0.4, 0.5) is 0 Å². The molecule has 5 heteroatoms. The molecule has 1 aliphatic carbocycles. The molecular weight excluding hydrogens is 332 g/mol. The van der Waals surface area contributed by atoms with Gasteiger partial charge >= 0.3 is 0 Å². The van der Waals surface area contributed by atoms with Gasteiger partial charge in [-0.15, -0.1) is 0 Å². The van der Waals surface area contributed by atoms with E-state index in [1.165, 1.54) is 12.8 Å². The Bertz CT molecular complexity index is 629. The van der Waals surface area contributed by atoms with Crippen molar-refractivity contribution >= 4 is 15.9 Å². The lowest BCUT2D eigenvalue weighted by Crippen LogP contribution is -2.15. The van der Waals surface area contributed by atoms with Crippen molar-refractivity contribution < 1.29 is 9.47 Å². The second-order valence-corrected chi connectivity index (χ2v) is 5.89. The maximum Gasteiger partial charge on any atom is 0.141 e. The Morgan fingerprint density at radius 1 is 1.29 bits per heavy atom. The number of methoxy groups -OCH3 is 1. The largest absolute Gasteiger partial charge is 0.497 e. The van der Waals surface area contributed by atoms with Gasteiger partial charge in [0.2, 0.25) is 0 Å². The highest BCUT2D eigenvalue weighted by molar-refractivity contribution is 9.10.